The molecule has 1 atom stereocenters. The fraction of sp³-hybridized carbons (Fsp3) is 0.211. The molecule has 1 amide bonds. The van der Waals surface area contributed by atoms with Gasteiger partial charge in [-0.2, -0.15) is 0 Å². The summed E-state index contributed by atoms with van der Waals surface area (Å²) in [4.78, 5) is 17.9. The summed E-state index contributed by atoms with van der Waals surface area (Å²) in [7, 11) is 0. The number of hydrogen-bond donors (Lipinski definition) is 3. The highest BCUT2D eigenvalue weighted by atomic mass is 35.5. The van der Waals surface area contributed by atoms with E-state index in [0.29, 0.717) is 28.7 Å². The van der Waals surface area contributed by atoms with Gasteiger partial charge in [-0.1, -0.05) is 23.2 Å². The number of nitrogens with one attached hydrogen (secondary N) is 1. The van der Waals surface area contributed by atoms with Gasteiger partial charge in [0.2, 0.25) is 0 Å². The zero-order valence-electron chi connectivity index (χ0n) is 13.7. The number of amides is 1. The molecule has 0 fully saturated rings. The number of halogens is 2. The average molecular weight is 391 g/mol. The summed E-state index contributed by atoms with van der Waals surface area (Å²) >= 11 is 12.1. The number of carbonyl (C=O) groups excluding carboxylic acids is 1. The Morgan fingerprint density at radius 1 is 1.19 bits per heavy atom. The molecule has 1 aliphatic heterocycles. The van der Waals surface area contributed by atoms with Crippen molar-refractivity contribution in [3.8, 4) is 5.75 Å². The molecule has 0 bridgehead atoms. The van der Waals surface area contributed by atoms with E-state index < -0.39 is 0 Å². The Morgan fingerprint density at radius 3 is 2.73 bits per heavy atom. The van der Waals surface area contributed by atoms with Crippen LogP contribution in [0.25, 0.3) is 10.9 Å². The van der Waals surface area contributed by atoms with Gasteiger partial charge in [-0.3, -0.25) is 4.79 Å². The van der Waals surface area contributed by atoms with E-state index in [1.165, 1.54) is 18.2 Å². The van der Waals surface area contributed by atoms with Crippen LogP contribution in [0.15, 0.2) is 36.4 Å². The zero-order valence-corrected chi connectivity index (χ0v) is 15.2. The second-order valence-corrected chi connectivity index (χ2v) is 7.34. The number of H-pyrrole nitrogens is 1. The molecule has 1 aromatic heterocycles. The summed E-state index contributed by atoms with van der Waals surface area (Å²) in [6.45, 7) is 0.663. The first kappa shape index (κ1) is 17.2. The third-order valence-corrected chi connectivity index (χ3v) is 5.17. The highest BCUT2D eigenvalue weighted by Crippen LogP contribution is 2.36. The van der Waals surface area contributed by atoms with Crippen LogP contribution in [-0.4, -0.2) is 39.2 Å². The zero-order chi connectivity index (χ0) is 18.4. The first-order valence-electron chi connectivity index (χ1n) is 8.16. The van der Waals surface area contributed by atoms with Crippen LogP contribution >= 0.6 is 23.2 Å². The molecule has 7 heteroatoms. The van der Waals surface area contributed by atoms with Crippen LogP contribution in [0.5, 0.6) is 5.75 Å². The van der Waals surface area contributed by atoms with Crippen molar-refractivity contribution in [2.75, 3.05) is 13.2 Å². The summed E-state index contributed by atoms with van der Waals surface area (Å²) in [5.41, 5.74) is 3.12. The molecule has 0 saturated heterocycles. The molecule has 5 nitrogen and oxygen atoms in total. The highest BCUT2D eigenvalue weighted by Gasteiger charge is 2.31. The molecule has 0 aliphatic carbocycles. The molecule has 0 saturated carbocycles. The third kappa shape index (κ3) is 2.92. The Morgan fingerprint density at radius 2 is 2.00 bits per heavy atom. The molecule has 3 N–H and O–H groups in total. The topological polar surface area (TPSA) is 76.6 Å². The lowest BCUT2D eigenvalue weighted by Gasteiger charge is -2.32. The van der Waals surface area contributed by atoms with Gasteiger partial charge in [0.05, 0.1) is 13.2 Å². The Hall–Kier alpha value is -2.21. The maximum Gasteiger partial charge on any atom is 0.254 e. The predicted octanol–water partition coefficient (Wildman–Crippen LogP) is 3.91. The molecule has 1 unspecified atom stereocenters. The number of phenols is 1. The van der Waals surface area contributed by atoms with Gasteiger partial charge < -0.3 is 20.1 Å². The number of aliphatic hydroxyl groups excluding tert-OH is 1. The summed E-state index contributed by atoms with van der Waals surface area (Å²) < 4.78 is 0. The standard InChI is InChI=1S/C19H16Cl2N2O3/c20-12-1-2-16-15(6-12)18-11(9-24)7-23(8-17(18)22-16)19(26)10-3-13(21)5-14(25)4-10/h1-6,11,22,24-25H,7-9H2. The number of rotatable bonds is 2. The third-order valence-electron chi connectivity index (χ3n) is 4.72. The van der Waals surface area contributed by atoms with Crippen molar-refractivity contribution >= 4 is 40.0 Å². The lowest BCUT2D eigenvalue weighted by atomic mass is 9.92. The SMILES string of the molecule is O=C(c1cc(O)cc(Cl)c1)N1Cc2[nH]c3ccc(Cl)cc3c2C(CO)C1. The summed E-state index contributed by atoms with van der Waals surface area (Å²) in [5, 5.41) is 21.5. The molecule has 134 valence electrons. The van der Waals surface area contributed by atoms with E-state index in [0.717, 1.165) is 22.2 Å². The first-order chi connectivity index (χ1) is 12.5. The predicted molar refractivity (Wildman–Crippen MR) is 101 cm³/mol. The molecule has 2 heterocycles. The molecule has 2 aromatic carbocycles. The van der Waals surface area contributed by atoms with Crippen LogP contribution in [-0.2, 0) is 6.54 Å². The van der Waals surface area contributed by atoms with E-state index in [4.69, 9.17) is 23.2 Å². The Labute approximate surface area is 159 Å². The lowest BCUT2D eigenvalue weighted by molar-refractivity contribution is 0.0696. The number of phenolic OH excluding ortho intramolecular Hbond substituents is 1. The van der Waals surface area contributed by atoms with Crippen molar-refractivity contribution < 1.29 is 15.0 Å². The minimum atomic E-state index is -0.247. The van der Waals surface area contributed by atoms with Crippen molar-refractivity contribution in [1.82, 2.24) is 9.88 Å². The van der Waals surface area contributed by atoms with Gasteiger partial charge in [0.25, 0.3) is 5.91 Å². The van der Waals surface area contributed by atoms with Crippen molar-refractivity contribution in [3.05, 3.63) is 63.3 Å². The number of carbonyl (C=O) groups is 1. The second-order valence-electron chi connectivity index (χ2n) is 6.47. The molecule has 4 rings (SSSR count). The van der Waals surface area contributed by atoms with Gasteiger partial charge in [0.1, 0.15) is 5.75 Å². The number of aliphatic hydroxyl groups is 1. The smallest absolute Gasteiger partial charge is 0.254 e. The fourth-order valence-electron chi connectivity index (χ4n) is 3.63. The van der Waals surface area contributed by atoms with Crippen molar-refractivity contribution in [3.63, 3.8) is 0 Å². The van der Waals surface area contributed by atoms with Crippen LogP contribution in [0.2, 0.25) is 10.0 Å². The van der Waals surface area contributed by atoms with Crippen molar-refractivity contribution in [2.24, 2.45) is 0 Å². The maximum atomic E-state index is 12.9. The number of hydrogen-bond acceptors (Lipinski definition) is 3. The van der Waals surface area contributed by atoms with Crippen molar-refractivity contribution in [1.29, 1.82) is 0 Å². The summed E-state index contributed by atoms with van der Waals surface area (Å²) in [6, 6.07) is 9.87. The molecule has 0 radical (unpaired) electrons. The number of benzene rings is 2. The normalized spacial score (nSPS) is 16.7. The van der Waals surface area contributed by atoms with Crippen molar-refractivity contribution in [2.45, 2.75) is 12.5 Å². The Balaban J connectivity index is 1.74. The van der Waals surface area contributed by atoms with Gasteiger partial charge in [-0.15, -0.1) is 0 Å². The molecule has 3 aromatic rings. The van der Waals surface area contributed by atoms with E-state index >= 15 is 0 Å². The van der Waals surface area contributed by atoms with Crippen LogP contribution in [0.1, 0.15) is 27.5 Å². The van der Waals surface area contributed by atoms with Gasteiger partial charge in [-0.25, -0.2) is 0 Å². The minimum Gasteiger partial charge on any atom is -0.508 e. The number of nitrogens with zero attached hydrogens (tertiary/aromatic N) is 1. The molecule has 0 spiro atoms. The summed E-state index contributed by atoms with van der Waals surface area (Å²) in [5.74, 6) is -0.524. The van der Waals surface area contributed by atoms with Crippen LogP contribution in [0.3, 0.4) is 0 Å². The van der Waals surface area contributed by atoms with E-state index in [1.54, 1.807) is 11.0 Å². The Bertz CT molecular complexity index is 995. The molecular weight excluding hydrogens is 375 g/mol. The van der Waals surface area contributed by atoms with Crippen LogP contribution in [0.4, 0.5) is 0 Å². The summed E-state index contributed by atoms with van der Waals surface area (Å²) in [6.07, 6.45) is 0. The second kappa shape index (κ2) is 6.50. The van der Waals surface area contributed by atoms with E-state index in [-0.39, 0.29) is 24.2 Å². The maximum absolute atomic E-state index is 12.9. The largest absolute Gasteiger partial charge is 0.508 e. The van der Waals surface area contributed by atoms with E-state index in [2.05, 4.69) is 4.98 Å². The number of aromatic nitrogens is 1. The van der Waals surface area contributed by atoms with Gasteiger partial charge in [0.15, 0.2) is 0 Å². The number of aromatic hydroxyl groups is 1. The number of aromatic amines is 1. The fourth-order valence-corrected chi connectivity index (χ4v) is 4.03. The van der Waals surface area contributed by atoms with E-state index in [1.807, 2.05) is 12.1 Å². The quantitative estimate of drug-likeness (QED) is 0.620. The lowest BCUT2D eigenvalue weighted by Crippen LogP contribution is -2.39. The van der Waals surface area contributed by atoms with Gasteiger partial charge in [-0.05, 0) is 42.0 Å². The first-order valence-corrected chi connectivity index (χ1v) is 8.91. The van der Waals surface area contributed by atoms with Crippen LogP contribution < -0.4 is 0 Å². The molecule has 1 aliphatic rings. The van der Waals surface area contributed by atoms with Gasteiger partial charge >= 0.3 is 0 Å². The number of fused-ring (bicyclic) bond motifs is 3. The van der Waals surface area contributed by atoms with Crippen LogP contribution in [0, 0.1) is 0 Å². The van der Waals surface area contributed by atoms with E-state index in [9.17, 15) is 15.0 Å². The Kier molecular flexibility index (Phi) is 4.31. The average Bonchev–Trinajstić information content (AvgIpc) is 2.97. The molecular formula is C19H16Cl2N2O3. The molecule has 26 heavy (non-hydrogen) atoms. The minimum absolute atomic E-state index is 0.0579. The highest BCUT2D eigenvalue weighted by molar-refractivity contribution is 6.31. The monoisotopic (exact) mass is 390 g/mol. The van der Waals surface area contributed by atoms with Gasteiger partial charge in [0, 0.05) is 44.7 Å².